The molecular weight excluding hydrogens is 215 g/mol. The third-order valence-electron chi connectivity index (χ3n) is 1.35. The minimum atomic E-state index is -0.587. The molecule has 0 N–H and O–H groups in total. The molecule has 0 spiro atoms. The minimum absolute atomic E-state index is 0.289. The lowest BCUT2D eigenvalue weighted by atomic mass is 10.5. The predicted octanol–water partition coefficient (Wildman–Crippen LogP) is 1.85. The van der Waals surface area contributed by atoms with Crippen LogP contribution in [0.2, 0.25) is 0 Å². The zero-order chi connectivity index (χ0) is 7.84. The molecule has 3 nitrogen and oxygen atoms in total. The van der Waals surface area contributed by atoms with Crippen molar-refractivity contribution in [1.82, 2.24) is 9.55 Å². The zero-order valence-corrected chi connectivity index (χ0v) is 7.01. The molecule has 0 saturated carbocycles. The maximum absolute atomic E-state index is 12.4. The van der Waals surface area contributed by atoms with E-state index in [1.165, 1.54) is 6.08 Å². The first kappa shape index (κ1) is 6.84. The fourth-order valence-corrected chi connectivity index (χ4v) is 1.28. The lowest BCUT2D eigenvalue weighted by Crippen LogP contribution is -2.06. The third kappa shape index (κ3) is 1.16. The van der Waals surface area contributed by atoms with Gasteiger partial charge in [-0.3, -0.25) is 4.57 Å². The molecule has 0 aliphatic carbocycles. The largest absolute Gasteiger partial charge is 0.398 e. The molecule has 0 aromatic carbocycles. The molecule has 0 amide bonds. The molecule has 2 heterocycles. The maximum Gasteiger partial charge on any atom is 0.305 e. The molecule has 0 radical (unpaired) electrons. The Kier molecular flexibility index (Phi) is 1.45. The number of aromatic nitrogens is 2. The van der Waals surface area contributed by atoms with Crippen LogP contribution in [0.5, 0.6) is 6.01 Å². The first-order chi connectivity index (χ1) is 5.25. The van der Waals surface area contributed by atoms with Gasteiger partial charge in [0.1, 0.15) is 4.60 Å². The van der Waals surface area contributed by atoms with Crippen molar-refractivity contribution in [2.45, 2.75) is 6.54 Å². The molecule has 0 saturated heterocycles. The van der Waals surface area contributed by atoms with Crippen molar-refractivity contribution in [3.63, 3.8) is 0 Å². The summed E-state index contributed by atoms with van der Waals surface area (Å²) in [5.74, 6) is 0. The van der Waals surface area contributed by atoms with Gasteiger partial charge in [0.15, 0.2) is 0 Å². The quantitative estimate of drug-likeness (QED) is 0.665. The van der Waals surface area contributed by atoms with E-state index < -0.39 is 6.01 Å². The van der Waals surface area contributed by atoms with E-state index in [2.05, 4.69) is 25.7 Å². The average Bonchev–Trinajstić information content (AvgIpc) is 2.27. The molecule has 11 heavy (non-hydrogen) atoms. The Morgan fingerprint density at radius 1 is 1.73 bits per heavy atom. The summed E-state index contributed by atoms with van der Waals surface area (Å²) in [6, 6.07) is -0.299. The molecule has 2 rings (SSSR count). The number of hydrogen-bond donors (Lipinski definition) is 0. The topological polar surface area (TPSA) is 27.1 Å². The second-order valence-corrected chi connectivity index (χ2v) is 2.92. The minimum Gasteiger partial charge on any atom is -0.398 e. The van der Waals surface area contributed by atoms with Gasteiger partial charge >= 0.3 is 6.01 Å². The van der Waals surface area contributed by atoms with Gasteiger partial charge in [-0.25, -0.2) is 0 Å². The highest BCUT2D eigenvalue weighted by molar-refractivity contribution is 9.10. The lowest BCUT2D eigenvalue weighted by Gasteiger charge is -2.08. The van der Waals surface area contributed by atoms with Crippen LogP contribution in [0, 0.1) is 0 Å². The first-order valence-corrected chi connectivity index (χ1v) is 3.81. The van der Waals surface area contributed by atoms with Gasteiger partial charge in [-0.1, -0.05) is 0 Å². The summed E-state index contributed by atoms with van der Waals surface area (Å²) in [5, 5.41) is 0. The van der Waals surface area contributed by atoms with Crippen molar-refractivity contribution in [2.24, 2.45) is 0 Å². The van der Waals surface area contributed by atoms with Crippen molar-refractivity contribution in [2.75, 3.05) is 0 Å². The molecule has 58 valence electrons. The van der Waals surface area contributed by atoms with E-state index in [1.807, 2.05) is 0 Å². The summed E-state index contributed by atoms with van der Waals surface area (Å²) in [6.45, 7) is 0.472. The van der Waals surface area contributed by atoms with Gasteiger partial charge in [-0.15, -0.1) is 0 Å². The summed E-state index contributed by atoms with van der Waals surface area (Å²) in [7, 11) is 0. The molecular formula is C6H4BrFN2O. The van der Waals surface area contributed by atoms with Gasteiger partial charge in [0.25, 0.3) is 6.01 Å². The number of imidazole rings is 1. The van der Waals surface area contributed by atoms with E-state index in [4.69, 9.17) is 0 Å². The highest BCUT2D eigenvalue weighted by Gasteiger charge is 2.13. The molecule has 0 unspecified atom stereocenters. The second kappa shape index (κ2) is 2.34. The Morgan fingerprint density at radius 2 is 2.55 bits per heavy atom. The second-order valence-electron chi connectivity index (χ2n) is 2.11. The van der Waals surface area contributed by atoms with Crippen LogP contribution in [0.1, 0.15) is 0 Å². The van der Waals surface area contributed by atoms with Crippen molar-refractivity contribution in [3.05, 3.63) is 22.9 Å². The molecule has 0 fully saturated rings. The van der Waals surface area contributed by atoms with Crippen molar-refractivity contribution in [1.29, 1.82) is 0 Å². The maximum atomic E-state index is 12.4. The summed E-state index contributed by atoms with van der Waals surface area (Å²) >= 11 is 3.15. The van der Waals surface area contributed by atoms with Gasteiger partial charge in [-0.05, 0) is 15.9 Å². The number of halogens is 2. The molecule has 0 bridgehead atoms. The number of fused-ring (bicyclic) bond motifs is 1. The fourth-order valence-electron chi connectivity index (χ4n) is 0.880. The smallest absolute Gasteiger partial charge is 0.305 e. The van der Waals surface area contributed by atoms with E-state index in [1.54, 1.807) is 10.8 Å². The van der Waals surface area contributed by atoms with E-state index in [0.29, 0.717) is 11.1 Å². The summed E-state index contributed by atoms with van der Waals surface area (Å²) in [5.41, 5.74) is 0. The van der Waals surface area contributed by atoms with E-state index in [0.717, 1.165) is 0 Å². The fraction of sp³-hybridized carbons (Fsp3) is 0.167. The highest BCUT2D eigenvalue weighted by Crippen LogP contribution is 2.22. The number of rotatable bonds is 0. The monoisotopic (exact) mass is 218 g/mol. The molecule has 1 aliphatic heterocycles. The standard InChI is InChI=1S/C6H4BrFN2O/c7-4-3-10-2-1-5(8)11-6(10)9-4/h1,3H,2H2. The van der Waals surface area contributed by atoms with Gasteiger partial charge in [0, 0.05) is 12.3 Å². The van der Waals surface area contributed by atoms with Crippen LogP contribution in [0.15, 0.2) is 22.9 Å². The summed E-state index contributed by atoms with van der Waals surface area (Å²) < 4.78 is 19.5. The first-order valence-electron chi connectivity index (χ1n) is 3.02. The van der Waals surface area contributed by atoms with Crippen LogP contribution in [0.4, 0.5) is 4.39 Å². The average molecular weight is 219 g/mol. The normalized spacial score (nSPS) is 15.3. The Morgan fingerprint density at radius 3 is 3.36 bits per heavy atom. The zero-order valence-electron chi connectivity index (χ0n) is 5.42. The van der Waals surface area contributed by atoms with Crippen molar-refractivity contribution in [3.8, 4) is 6.01 Å². The highest BCUT2D eigenvalue weighted by atomic mass is 79.9. The van der Waals surface area contributed by atoms with Crippen LogP contribution in [0.25, 0.3) is 0 Å². The summed E-state index contributed by atoms with van der Waals surface area (Å²) in [4.78, 5) is 3.88. The number of hydrogen-bond acceptors (Lipinski definition) is 2. The molecule has 1 aromatic heterocycles. The van der Waals surface area contributed by atoms with Gasteiger partial charge in [-0.2, -0.15) is 9.37 Å². The van der Waals surface area contributed by atoms with Crippen LogP contribution >= 0.6 is 15.9 Å². The van der Waals surface area contributed by atoms with E-state index in [-0.39, 0.29) is 6.01 Å². The van der Waals surface area contributed by atoms with Crippen molar-refractivity contribution < 1.29 is 9.13 Å². The van der Waals surface area contributed by atoms with Crippen LogP contribution < -0.4 is 4.74 Å². The predicted molar refractivity (Wildman–Crippen MR) is 39.7 cm³/mol. The lowest BCUT2D eigenvalue weighted by molar-refractivity contribution is 0.255. The molecule has 5 heteroatoms. The van der Waals surface area contributed by atoms with Gasteiger partial charge < -0.3 is 4.74 Å². The molecule has 1 aliphatic rings. The van der Waals surface area contributed by atoms with Gasteiger partial charge in [0.05, 0.1) is 6.54 Å². The van der Waals surface area contributed by atoms with E-state index in [9.17, 15) is 4.39 Å². The van der Waals surface area contributed by atoms with Crippen LogP contribution in [0.3, 0.4) is 0 Å². The Balaban J connectivity index is 2.40. The van der Waals surface area contributed by atoms with Crippen LogP contribution in [-0.2, 0) is 6.54 Å². The van der Waals surface area contributed by atoms with Gasteiger partial charge in [0.2, 0.25) is 0 Å². The SMILES string of the molecule is FC1=CCn2cc(Br)nc2O1. The Bertz CT molecular complexity index is 320. The third-order valence-corrected chi connectivity index (χ3v) is 1.73. The van der Waals surface area contributed by atoms with Crippen molar-refractivity contribution >= 4 is 15.9 Å². The molecule has 0 atom stereocenters. The molecule has 1 aromatic rings. The summed E-state index contributed by atoms with van der Waals surface area (Å²) in [6.07, 6.45) is 3.08. The number of allylic oxidation sites excluding steroid dienone is 1. The van der Waals surface area contributed by atoms with Crippen LogP contribution in [-0.4, -0.2) is 9.55 Å². The number of nitrogens with zero attached hydrogens (tertiary/aromatic N) is 2. The van der Waals surface area contributed by atoms with E-state index >= 15 is 0 Å². The Labute approximate surface area is 70.6 Å². The Hall–Kier alpha value is -0.840. The number of ether oxygens (including phenoxy) is 1.